The molecule has 11 heteroatoms. The molecule has 112 valence electrons. The van der Waals surface area contributed by atoms with E-state index >= 15 is 0 Å². The molecular weight excluding hydrogens is 309 g/mol. The van der Waals surface area contributed by atoms with Gasteiger partial charge in [-0.3, -0.25) is 4.57 Å². The lowest BCUT2D eigenvalue weighted by Crippen LogP contribution is -2.28. The first kappa shape index (κ1) is 15.5. The lowest BCUT2D eigenvalue weighted by molar-refractivity contribution is -0.0426. The van der Waals surface area contributed by atoms with Crippen molar-refractivity contribution in [2.75, 3.05) is 12.3 Å². The highest BCUT2D eigenvalue weighted by molar-refractivity contribution is 8.06. The zero-order valence-corrected chi connectivity index (χ0v) is 11.9. The minimum atomic E-state index is -3.81. The number of hydrogen-bond donors (Lipinski definition) is 4. The fraction of sp³-hybridized carbons (Fsp3) is 0.556. The van der Waals surface area contributed by atoms with Crippen LogP contribution in [0.5, 0.6) is 0 Å². The number of rotatable bonds is 4. The van der Waals surface area contributed by atoms with E-state index in [1.165, 1.54) is 16.8 Å². The number of nitrogens with zero attached hydrogens (tertiary/aromatic N) is 2. The average Bonchev–Trinajstić information content (AvgIpc) is 2.67. The van der Waals surface area contributed by atoms with Crippen molar-refractivity contribution in [3.8, 4) is 0 Å². The van der Waals surface area contributed by atoms with Crippen molar-refractivity contribution < 1.29 is 24.2 Å². The molecule has 0 bridgehead atoms. The average molecular weight is 323 g/mol. The van der Waals surface area contributed by atoms with Crippen molar-refractivity contribution in [1.82, 2.24) is 9.55 Å². The van der Waals surface area contributed by atoms with Crippen LogP contribution < -0.4 is 11.4 Å². The van der Waals surface area contributed by atoms with E-state index in [9.17, 15) is 9.90 Å². The highest BCUT2D eigenvalue weighted by atomic mass is 32.5. The molecule has 1 aliphatic heterocycles. The Morgan fingerprint density at radius 3 is 2.95 bits per heavy atom. The first-order valence-corrected chi connectivity index (χ1v) is 8.27. The van der Waals surface area contributed by atoms with E-state index in [1.54, 1.807) is 0 Å². The Morgan fingerprint density at radius 2 is 2.35 bits per heavy atom. The summed E-state index contributed by atoms with van der Waals surface area (Å²) in [6.07, 6.45) is -0.918. The Kier molecular flexibility index (Phi) is 4.55. The fourth-order valence-corrected chi connectivity index (χ4v) is 2.38. The van der Waals surface area contributed by atoms with Gasteiger partial charge in [-0.05, 0) is 17.9 Å². The van der Waals surface area contributed by atoms with Gasteiger partial charge in [0.15, 0.2) is 0 Å². The van der Waals surface area contributed by atoms with Gasteiger partial charge in [-0.25, -0.2) is 4.79 Å². The smallest absolute Gasteiger partial charge is 0.351 e. The molecule has 2 heterocycles. The Bertz CT molecular complexity index is 589. The van der Waals surface area contributed by atoms with Crippen molar-refractivity contribution in [2.45, 2.75) is 24.9 Å². The summed E-state index contributed by atoms with van der Waals surface area (Å²) >= 11 is 4.30. The summed E-state index contributed by atoms with van der Waals surface area (Å²) in [5, 5.41) is 9.81. The summed E-state index contributed by atoms with van der Waals surface area (Å²) in [7, 11) is 0. The molecule has 2 rings (SSSR count). The standard InChI is InChI=1S/C9H14N3O6PS/c10-7-1-2-12(9(14)11-7)8-3-5(13)6(18-8)4-17-19(15,16)20/h1-2,5-6,8,13H,3-4H2,(H2,10,11,14)(H2,15,16,20)/t5?,6-,8-/m1/s1. The Balaban J connectivity index is 2.06. The first-order valence-electron chi connectivity index (χ1n) is 5.64. The van der Waals surface area contributed by atoms with E-state index in [0.29, 0.717) is 0 Å². The van der Waals surface area contributed by atoms with Crippen molar-refractivity contribution >= 4 is 24.3 Å². The molecule has 1 aliphatic rings. The van der Waals surface area contributed by atoms with Gasteiger partial charge in [0.2, 0.25) is 0 Å². The second-order valence-electron chi connectivity index (χ2n) is 4.26. The number of anilines is 1. The van der Waals surface area contributed by atoms with Gasteiger partial charge in [-0.1, -0.05) is 0 Å². The topological polar surface area (TPSA) is 140 Å². The molecule has 0 aliphatic carbocycles. The maximum Gasteiger partial charge on any atom is 0.351 e. The zero-order valence-electron chi connectivity index (χ0n) is 10.2. The van der Waals surface area contributed by atoms with Crippen LogP contribution in [0.25, 0.3) is 0 Å². The van der Waals surface area contributed by atoms with E-state index in [1.807, 2.05) is 0 Å². The van der Waals surface area contributed by atoms with Crippen LogP contribution in [0.4, 0.5) is 5.82 Å². The Labute approximate surface area is 118 Å². The van der Waals surface area contributed by atoms with Crippen LogP contribution in [-0.2, 0) is 21.1 Å². The largest absolute Gasteiger partial charge is 0.390 e. The summed E-state index contributed by atoms with van der Waals surface area (Å²) in [4.78, 5) is 33.1. The molecule has 1 fully saturated rings. The van der Waals surface area contributed by atoms with Gasteiger partial charge in [-0.15, -0.1) is 0 Å². The third kappa shape index (κ3) is 3.83. The van der Waals surface area contributed by atoms with Gasteiger partial charge in [0.1, 0.15) is 18.1 Å². The predicted molar refractivity (Wildman–Crippen MR) is 72.1 cm³/mol. The number of ether oxygens (including phenoxy) is 1. The third-order valence-electron chi connectivity index (χ3n) is 2.77. The van der Waals surface area contributed by atoms with E-state index < -0.39 is 30.8 Å². The summed E-state index contributed by atoms with van der Waals surface area (Å²) in [5.74, 6) is 0.0888. The van der Waals surface area contributed by atoms with Gasteiger partial charge in [0, 0.05) is 12.6 Å². The van der Waals surface area contributed by atoms with Gasteiger partial charge in [-0.2, -0.15) is 4.98 Å². The molecule has 0 saturated carbocycles. The number of aromatic nitrogens is 2. The van der Waals surface area contributed by atoms with Crippen molar-refractivity contribution in [3.63, 3.8) is 0 Å². The van der Waals surface area contributed by atoms with Crippen LogP contribution in [0.1, 0.15) is 12.6 Å². The van der Waals surface area contributed by atoms with E-state index in [4.69, 9.17) is 20.3 Å². The number of aliphatic hydroxyl groups excluding tert-OH is 1. The maximum absolute atomic E-state index is 11.6. The van der Waals surface area contributed by atoms with E-state index in [-0.39, 0.29) is 18.8 Å². The molecule has 0 aromatic carbocycles. The lowest BCUT2D eigenvalue weighted by Gasteiger charge is -2.17. The molecule has 0 spiro atoms. The second kappa shape index (κ2) is 5.86. The summed E-state index contributed by atoms with van der Waals surface area (Å²) in [6, 6.07) is 1.43. The van der Waals surface area contributed by atoms with Gasteiger partial charge >= 0.3 is 12.4 Å². The summed E-state index contributed by atoms with van der Waals surface area (Å²) < 4.78 is 11.3. The van der Waals surface area contributed by atoms with Crippen LogP contribution in [0.15, 0.2) is 17.1 Å². The molecule has 5 N–H and O–H groups in total. The number of hydrogen-bond acceptors (Lipinski definition) is 7. The number of aliphatic hydroxyl groups is 1. The quantitative estimate of drug-likeness (QED) is 0.498. The molecule has 1 saturated heterocycles. The lowest BCUT2D eigenvalue weighted by atomic mass is 10.2. The maximum atomic E-state index is 11.6. The van der Waals surface area contributed by atoms with Gasteiger partial charge in [0.05, 0.1) is 12.7 Å². The van der Waals surface area contributed by atoms with Crippen molar-refractivity contribution in [3.05, 3.63) is 22.7 Å². The minimum absolute atomic E-state index is 0.0888. The van der Waals surface area contributed by atoms with Gasteiger partial charge < -0.3 is 29.9 Å². The highest BCUT2D eigenvalue weighted by Crippen LogP contribution is 2.38. The molecular formula is C9H14N3O6PS. The fourth-order valence-electron chi connectivity index (χ4n) is 1.85. The molecule has 20 heavy (non-hydrogen) atoms. The molecule has 1 unspecified atom stereocenters. The predicted octanol–water partition coefficient (Wildman–Crippen LogP) is -1.30. The van der Waals surface area contributed by atoms with Crippen LogP contribution in [0, 0.1) is 0 Å². The van der Waals surface area contributed by atoms with Crippen LogP contribution in [-0.4, -0.2) is 43.3 Å². The van der Waals surface area contributed by atoms with Crippen molar-refractivity contribution in [2.24, 2.45) is 0 Å². The summed E-state index contributed by atoms with van der Waals surface area (Å²) in [6.45, 7) is -4.09. The molecule has 3 atom stereocenters. The summed E-state index contributed by atoms with van der Waals surface area (Å²) in [5.41, 5.74) is 4.78. The zero-order chi connectivity index (χ0) is 14.9. The first-order chi connectivity index (χ1) is 9.26. The van der Waals surface area contributed by atoms with Gasteiger partial charge in [0.25, 0.3) is 0 Å². The number of nitrogen functional groups attached to an aromatic ring is 1. The van der Waals surface area contributed by atoms with E-state index in [2.05, 4.69) is 21.3 Å². The Hall–Kier alpha value is -0.870. The highest BCUT2D eigenvalue weighted by Gasteiger charge is 2.36. The monoisotopic (exact) mass is 323 g/mol. The van der Waals surface area contributed by atoms with E-state index in [0.717, 1.165) is 0 Å². The molecule has 0 radical (unpaired) electrons. The number of nitrogens with two attached hydrogens (primary N) is 1. The minimum Gasteiger partial charge on any atom is -0.390 e. The van der Waals surface area contributed by atoms with Crippen LogP contribution in [0.2, 0.25) is 0 Å². The Morgan fingerprint density at radius 1 is 1.65 bits per heavy atom. The van der Waals surface area contributed by atoms with Crippen LogP contribution in [0.3, 0.4) is 0 Å². The third-order valence-corrected chi connectivity index (χ3v) is 3.57. The SMILES string of the molecule is Nc1ccn([C@H]2CC(O)[C@@H](COP(O)(O)=S)O2)c(=O)n1. The molecule has 9 nitrogen and oxygen atoms in total. The molecule has 1 aromatic heterocycles. The van der Waals surface area contributed by atoms with Crippen LogP contribution >= 0.6 is 6.72 Å². The van der Waals surface area contributed by atoms with Crippen molar-refractivity contribution in [1.29, 1.82) is 0 Å². The second-order valence-corrected chi connectivity index (χ2v) is 6.93. The normalized spacial score (nSPS) is 26.9. The molecule has 1 aromatic rings. The molecule has 0 amide bonds.